The van der Waals surface area contributed by atoms with Crippen LogP contribution in [0.2, 0.25) is 0 Å². The van der Waals surface area contributed by atoms with Crippen molar-refractivity contribution in [3.63, 3.8) is 0 Å². The van der Waals surface area contributed by atoms with E-state index in [4.69, 9.17) is 5.11 Å². The second-order valence-electron chi connectivity index (χ2n) is 2.44. The summed E-state index contributed by atoms with van der Waals surface area (Å²) in [5, 5.41) is 10.6. The fraction of sp³-hybridized carbons (Fsp3) is 0.111. The van der Waals surface area contributed by atoms with Crippen molar-refractivity contribution < 1.29 is 14.7 Å². The van der Waals surface area contributed by atoms with E-state index >= 15 is 0 Å². The third-order valence-electron chi connectivity index (χ3n) is 1.44. The number of nitrogens with one attached hydrogen (secondary N) is 1. The first kappa shape index (κ1) is 9.25. The van der Waals surface area contributed by atoms with Crippen LogP contribution in [0.1, 0.15) is 10.4 Å². The molecule has 0 radical (unpaired) electrons. The molecule has 0 aliphatic rings. The van der Waals surface area contributed by atoms with Crippen molar-refractivity contribution >= 4 is 11.9 Å². The van der Waals surface area contributed by atoms with Gasteiger partial charge in [0, 0.05) is 5.56 Å². The van der Waals surface area contributed by atoms with Crippen molar-refractivity contribution in [1.82, 2.24) is 5.32 Å². The van der Waals surface area contributed by atoms with Crippen molar-refractivity contribution in [3.8, 4) is 0 Å². The van der Waals surface area contributed by atoms with E-state index in [1.807, 2.05) is 0 Å². The molecule has 0 aliphatic carbocycles. The molecule has 0 bridgehead atoms. The molecule has 0 saturated carbocycles. The SMILES string of the molecule is O=C(O)C[15NH]C(=O)c1ccccc1. The molecule has 0 atom stereocenters. The monoisotopic (exact) mass is 180 g/mol. The lowest BCUT2D eigenvalue weighted by Crippen LogP contribution is -2.29. The van der Waals surface area contributed by atoms with E-state index < -0.39 is 5.97 Å². The van der Waals surface area contributed by atoms with Crippen molar-refractivity contribution in [2.24, 2.45) is 0 Å². The third-order valence-corrected chi connectivity index (χ3v) is 1.44. The Balaban J connectivity index is 2.54. The standard InChI is InChI=1S/C9H9NO3/c11-8(12)6-10-9(13)7-4-2-1-3-5-7/h1-5H,6H2,(H,10,13)(H,11,12)/i10+1. The highest BCUT2D eigenvalue weighted by molar-refractivity contribution is 5.95. The van der Waals surface area contributed by atoms with E-state index in [2.05, 4.69) is 5.32 Å². The maximum absolute atomic E-state index is 11.2. The predicted molar refractivity (Wildman–Crippen MR) is 46.4 cm³/mol. The Morgan fingerprint density at radius 2 is 1.85 bits per heavy atom. The zero-order valence-corrected chi connectivity index (χ0v) is 6.86. The Bertz CT molecular complexity index is 308. The van der Waals surface area contributed by atoms with Crippen molar-refractivity contribution in [2.45, 2.75) is 0 Å². The van der Waals surface area contributed by atoms with Crippen LogP contribution in [-0.2, 0) is 4.79 Å². The molecule has 4 heteroatoms. The van der Waals surface area contributed by atoms with Gasteiger partial charge in [0.15, 0.2) is 0 Å². The lowest BCUT2D eigenvalue weighted by atomic mass is 10.2. The highest BCUT2D eigenvalue weighted by Gasteiger charge is 2.04. The maximum Gasteiger partial charge on any atom is 0.322 e. The van der Waals surface area contributed by atoms with Gasteiger partial charge in [0.05, 0.1) is 0 Å². The second kappa shape index (κ2) is 4.25. The van der Waals surface area contributed by atoms with Crippen LogP contribution >= 0.6 is 0 Å². The van der Waals surface area contributed by atoms with Crippen molar-refractivity contribution in [2.75, 3.05) is 6.54 Å². The van der Waals surface area contributed by atoms with Crippen LogP contribution in [-0.4, -0.2) is 23.5 Å². The first-order valence-electron chi connectivity index (χ1n) is 3.75. The van der Waals surface area contributed by atoms with Gasteiger partial charge in [0.1, 0.15) is 6.54 Å². The Hall–Kier alpha value is -1.84. The summed E-state index contributed by atoms with van der Waals surface area (Å²) in [6.45, 7) is -0.353. The van der Waals surface area contributed by atoms with Crippen LogP contribution in [0.4, 0.5) is 0 Å². The molecule has 0 aliphatic heterocycles. The van der Waals surface area contributed by atoms with Crippen LogP contribution in [0.25, 0.3) is 0 Å². The molecule has 2 N–H and O–H groups in total. The minimum Gasteiger partial charge on any atom is -0.480 e. The van der Waals surface area contributed by atoms with Gasteiger partial charge in [-0.15, -0.1) is 0 Å². The zero-order valence-electron chi connectivity index (χ0n) is 6.86. The molecule has 1 amide bonds. The zero-order chi connectivity index (χ0) is 9.68. The topological polar surface area (TPSA) is 66.4 Å². The molecular formula is C9H9NO3. The summed E-state index contributed by atoms with van der Waals surface area (Å²) < 4.78 is 0. The lowest BCUT2D eigenvalue weighted by Gasteiger charge is -2.00. The summed E-state index contributed by atoms with van der Waals surface area (Å²) in [6, 6.07) is 8.47. The number of rotatable bonds is 3. The normalized spacial score (nSPS) is 9.23. The molecule has 0 fully saturated rings. The van der Waals surface area contributed by atoms with Crippen LogP contribution in [0.3, 0.4) is 0 Å². The van der Waals surface area contributed by atoms with Crippen molar-refractivity contribution in [1.29, 1.82) is 0 Å². The van der Waals surface area contributed by atoms with Crippen LogP contribution < -0.4 is 5.32 Å². The summed E-state index contributed by atoms with van der Waals surface area (Å²) in [4.78, 5) is 21.3. The summed E-state index contributed by atoms with van der Waals surface area (Å²) in [5.41, 5.74) is 0.462. The van der Waals surface area contributed by atoms with Gasteiger partial charge in [-0.1, -0.05) is 18.2 Å². The number of benzene rings is 1. The molecule has 0 spiro atoms. The molecule has 4 nitrogen and oxygen atoms in total. The number of carboxylic acids is 1. The van der Waals surface area contributed by atoms with E-state index in [1.165, 1.54) is 0 Å². The predicted octanol–water partition coefficient (Wildman–Crippen LogP) is 0.501. The molecule has 0 heterocycles. The summed E-state index contributed by atoms with van der Waals surface area (Å²) in [6.07, 6.45) is 0. The van der Waals surface area contributed by atoms with Crippen LogP contribution in [0, 0.1) is 0 Å². The van der Waals surface area contributed by atoms with Gasteiger partial charge in [0.25, 0.3) is 5.91 Å². The summed E-state index contributed by atoms with van der Waals surface area (Å²) in [7, 11) is 0. The molecule has 13 heavy (non-hydrogen) atoms. The highest BCUT2D eigenvalue weighted by Crippen LogP contribution is 1.96. The van der Waals surface area contributed by atoms with Crippen molar-refractivity contribution in [3.05, 3.63) is 35.9 Å². The first-order chi connectivity index (χ1) is 6.20. The number of carboxylic acid groups (broad SMARTS) is 1. The van der Waals surface area contributed by atoms with E-state index in [0.29, 0.717) is 5.56 Å². The quantitative estimate of drug-likeness (QED) is 0.665. The molecule has 1 aromatic rings. The van der Waals surface area contributed by atoms with Crippen LogP contribution in [0.15, 0.2) is 30.3 Å². The lowest BCUT2D eigenvalue weighted by molar-refractivity contribution is -0.135. The summed E-state index contributed by atoms with van der Waals surface area (Å²) >= 11 is 0. The molecule has 0 unspecified atom stereocenters. The molecule has 68 valence electrons. The van der Waals surface area contributed by atoms with E-state index in [9.17, 15) is 9.59 Å². The molecule has 0 saturated heterocycles. The fourth-order valence-corrected chi connectivity index (χ4v) is 0.847. The number of hydrogen-bond donors (Lipinski definition) is 2. The Morgan fingerprint density at radius 3 is 2.38 bits per heavy atom. The van der Waals surface area contributed by atoms with Gasteiger partial charge >= 0.3 is 5.97 Å². The molecule has 1 aromatic carbocycles. The third kappa shape index (κ3) is 2.94. The number of aliphatic carboxylic acids is 1. The maximum atomic E-state index is 11.2. The smallest absolute Gasteiger partial charge is 0.322 e. The number of amides is 1. The van der Waals surface area contributed by atoms with Gasteiger partial charge in [-0.25, -0.2) is 0 Å². The highest BCUT2D eigenvalue weighted by atomic mass is 16.4. The average molecular weight is 180 g/mol. The van der Waals surface area contributed by atoms with Gasteiger partial charge in [0.2, 0.25) is 0 Å². The van der Waals surface area contributed by atoms with Crippen LogP contribution in [0.5, 0.6) is 0 Å². The van der Waals surface area contributed by atoms with E-state index in [1.54, 1.807) is 30.3 Å². The number of carbonyl (C=O) groups is 2. The summed E-state index contributed by atoms with van der Waals surface area (Å²) in [5.74, 6) is -1.42. The Kier molecular flexibility index (Phi) is 3.03. The fourth-order valence-electron chi connectivity index (χ4n) is 0.847. The average Bonchev–Trinajstić information content (AvgIpc) is 2.15. The van der Waals surface area contributed by atoms with Gasteiger partial charge in [-0.3, -0.25) is 9.59 Å². The number of carbonyl (C=O) groups excluding carboxylic acids is 1. The Morgan fingerprint density at radius 1 is 1.23 bits per heavy atom. The molecule has 0 aromatic heterocycles. The molecule has 1 rings (SSSR count). The minimum atomic E-state index is -1.05. The van der Waals surface area contributed by atoms with E-state index in [0.717, 1.165) is 0 Å². The van der Waals surface area contributed by atoms with Gasteiger partial charge in [-0.2, -0.15) is 0 Å². The number of hydrogen-bond acceptors (Lipinski definition) is 2. The first-order valence-corrected chi connectivity index (χ1v) is 3.75. The second-order valence-corrected chi connectivity index (χ2v) is 2.44. The van der Waals surface area contributed by atoms with Gasteiger partial charge in [-0.05, 0) is 12.1 Å². The largest absolute Gasteiger partial charge is 0.480 e. The molecular weight excluding hydrogens is 171 g/mol. The minimum absolute atomic E-state index is 0.353. The Labute approximate surface area is 75.2 Å². The van der Waals surface area contributed by atoms with E-state index in [-0.39, 0.29) is 12.5 Å². The van der Waals surface area contributed by atoms with Gasteiger partial charge < -0.3 is 10.4 Å².